The Balaban J connectivity index is 2.37. The van der Waals surface area contributed by atoms with E-state index in [2.05, 4.69) is 5.32 Å². The van der Waals surface area contributed by atoms with E-state index in [0.29, 0.717) is 18.0 Å². The molecule has 1 aliphatic heterocycles. The average molecular weight is 295 g/mol. The van der Waals surface area contributed by atoms with Gasteiger partial charge in [0.05, 0.1) is 0 Å². The van der Waals surface area contributed by atoms with Crippen LogP contribution in [0.15, 0.2) is 24.3 Å². The first-order valence-corrected chi connectivity index (χ1v) is 7.03. The second kappa shape index (κ2) is 5.44. The highest BCUT2D eigenvalue weighted by atomic mass is 35.5. The summed E-state index contributed by atoms with van der Waals surface area (Å²) in [6.45, 7) is 6.20. The quantitative estimate of drug-likeness (QED) is 0.865. The second-order valence-electron chi connectivity index (χ2n) is 6.09. The maximum atomic E-state index is 12.7. The zero-order chi connectivity index (χ0) is 14.9. The van der Waals surface area contributed by atoms with Crippen molar-refractivity contribution in [3.63, 3.8) is 0 Å². The van der Waals surface area contributed by atoms with Crippen molar-refractivity contribution in [3.8, 4) is 0 Å². The maximum absolute atomic E-state index is 12.7. The van der Waals surface area contributed by atoms with E-state index in [1.807, 2.05) is 26.8 Å². The Hall–Kier alpha value is -1.55. The minimum Gasteiger partial charge on any atom is -0.344 e. The van der Waals surface area contributed by atoms with Gasteiger partial charge in [-0.25, -0.2) is 0 Å². The lowest BCUT2D eigenvalue weighted by Crippen LogP contribution is -2.52. The van der Waals surface area contributed by atoms with Crippen molar-refractivity contribution < 1.29 is 9.59 Å². The van der Waals surface area contributed by atoms with Gasteiger partial charge in [-0.15, -0.1) is 0 Å². The molecule has 0 bridgehead atoms. The zero-order valence-corrected chi connectivity index (χ0v) is 12.7. The number of rotatable bonds is 1. The standard InChI is InChI=1S/C15H19ClN2O2/c1-15(2,3)13-14(20)18(8-7-12(19)17-13)11-6-4-5-10(16)9-11/h4-6,9,13H,7-8H2,1-3H3,(H,17,19). The van der Waals surface area contributed by atoms with Gasteiger partial charge in [0.25, 0.3) is 0 Å². The summed E-state index contributed by atoms with van der Waals surface area (Å²) < 4.78 is 0. The molecule has 0 saturated carbocycles. The van der Waals surface area contributed by atoms with E-state index in [-0.39, 0.29) is 17.2 Å². The fraction of sp³-hybridized carbons (Fsp3) is 0.467. The van der Waals surface area contributed by atoms with Crippen molar-refractivity contribution in [1.82, 2.24) is 5.32 Å². The molecule has 1 aliphatic rings. The first-order valence-electron chi connectivity index (χ1n) is 6.65. The monoisotopic (exact) mass is 294 g/mol. The van der Waals surface area contributed by atoms with E-state index >= 15 is 0 Å². The van der Waals surface area contributed by atoms with Crippen LogP contribution in [0.25, 0.3) is 0 Å². The van der Waals surface area contributed by atoms with Gasteiger partial charge in [-0.1, -0.05) is 38.4 Å². The van der Waals surface area contributed by atoms with E-state index in [1.165, 1.54) is 0 Å². The van der Waals surface area contributed by atoms with Gasteiger partial charge in [0, 0.05) is 23.7 Å². The van der Waals surface area contributed by atoms with E-state index in [9.17, 15) is 9.59 Å². The number of carbonyl (C=O) groups excluding carboxylic acids is 2. The van der Waals surface area contributed by atoms with Crippen LogP contribution >= 0.6 is 11.6 Å². The van der Waals surface area contributed by atoms with Gasteiger partial charge >= 0.3 is 0 Å². The van der Waals surface area contributed by atoms with Gasteiger partial charge in [0.1, 0.15) is 6.04 Å². The summed E-state index contributed by atoms with van der Waals surface area (Å²) in [5, 5.41) is 3.39. The molecule has 1 unspecified atom stereocenters. The Bertz CT molecular complexity index is 537. The van der Waals surface area contributed by atoms with Crippen molar-refractivity contribution in [2.24, 2.45) is 5.41 Å². The molecular weight excluding hydrogens is 276 g/mol. The molecule has 2 amide bonds. The average Bonchev–Trinajstić information content (AvgIpc) is 2.49. The largest absolute Gasteiger partial charge is 0.344 e. The number of halogens is 1. The minimum atomic E-state index is -0.531. The Labute approximate surface area is 124 Å². The summed E-state index contributed by atoms with van der Waals surface area (Å²) in [5.74, 6) is -0.187. The third kappa shape index (κ3) is 3.12. The first-order chi connectivity index (χ1) is 9.29. The Morgan fingerprint density at radius 3 is 2.60 bits per heavy atom. The van der Waals surface area contributed by atoms with Crippen LogP contribution < -0.4 is 10.2 Å². The summed E-state index contributed by atoms with van der Waals surface area (Å²) in [6.07, 6.45) is 0.296. The van der Waals surface area contributed by atoms with Crippen LogP contribution in [-0.4, -0.2) is 24.4 Å². The molecule has 0 aromatic heterocycles. The van der Waals surface area contributed by atoms with Crippen molar-refractivity contribution >= 4 is 29.1 Å². The number of benzene rings is 1. The Morgan fingerprint density at radius 1 is 1.30 bits per heavy atom. The highest BCUT2D eigenvalue weighted by Crippen LogP contribution is 2.27. The number of hydrogen-bond donors (Lipinski definition) is 1. The molecule has 108 valence electrons. The van der Waals surface area contributed by atoms with Crippen molar-refractivity contribution in [2.45, 2.75) is 33.2 Å². The lowest BCUT2D eigenvalue weighted by atomic mass is 9.86. The molecular formula is C15H19ClN2O2. The highest BCUT2D eigenvalue weighted by molar-refractivity contribution is 6.31. The fourth-order valence-corrected chi connectivity index (χ4v) is 2.45. The molecule has 20 heavy (non-hydrogen) atoms. The van der Waals surface area contributed by atoms with E-state index in [4.69, 9.17) is 11.6 Å². The van der Waals surface area contributed by atoms with Gasteiger partial charge in [-0.3, -0.25) is 9.59 Å². The van der Waals surface area contributed by atoms with Crippen LogP contribution in [0.4, 0.5) is 5.69 Å². The van der Waals surface area contributed by atoms with Crippen molar-refractivity contribution in [2.75, 3.05) is 11.4 Å². The second-order valence-corrected chi connectivity index (χ2v) is 6.52. The molecule has 1 N–H and O–H groups in total. The number of amides is 2. The molecule has 1 saturated heterocycles. The summed E-state index contributed by atoms with van der Waals surface area (Å²) >= 11 is 5.99. The van der Waals surface area contributed by atoms with Crippen molar-refractivity contribution in [3.05, 3.63) is 29.3 Å². The molecule has 1 heterocycles. The summed E-state index contributed by atoms with van der Waals surface area (Å²) in [7, 11) is 0. The fourth-order valence-electron chi connectivity index (χ4n) is 2.26. The third-order valence-corrected chi connectivity index (χ3v) is 3.60. The molecule has 0 radical (unpaired) electrons. The van der Waals surface area contributed by atoms with Gasteiger partial charge in [0.15, 0.2) is 0 Å². The number of nitrogens with one attached hydrogen (secondary N) is 1. The lowest BCUT2D eigenvalue weighted by molar-refractivity contribution is -0.127. The first kappa shape index (κ1) is 14.9. The summed E-state index contributed by atoms with van der Waals surface area (Å²) in [4.78, 5) is 26.2. The van der Waals surface area contributed by atoms with Crippen LogP contribution in [0, 0.1) is 5.41 Å². The zero-order valence-electron chi connectivity index (χ0n) is 11.9. The molecule has 1 atom stereocenters. The van der Waals surface area contributed by atoms with Crippen LogP contribution in [0.5, 0.6) is 0 Å². The smallest absolute Gasteiger partial charge is 0.250 e. The predicted octanol–water partition coefficient (Wildman–Crippen LogP) is 2.61. The lowest BCUT2D eigenvalue weighted by Gasteiger charge is -2.32. The summed E-state index contributed by atoms with van der Waals surface area (Å²) in [5.41, 5.74) is 0.390. The summed E-state index contributed by atoms with van der Waals surface area (Å²) in [6, 6.07) is 6.61. The molecule has 1 aromatic carbocycles. The van der Waals surface area contributed by atoms with Crippen LogP contribution in [0.2, 0.25) is 5.02 Å². The number of nitrogens with zero attached hydrogens (tertiary/aromatic N) is 1. The number of hydrogen-bond acceptors (Lipinski definition) is 2. The molecule has 2 rings (SSSR count). The van der Waals surface area contributed by atoms with Crippen molar-refractivity contribution in [1.29, 1.82) is 0 Å². The van der Waals surface area contributed by atoms with E-state index in [1.54, 1.807) is 23.1 Å². The number of carbonyl (C=O) groups is 2. The SMILES string of the molecule is CC(C)(C)C1NC(=O)CCN(c2cccc(Cl)c2)C1=O. The molecule has 4 nitrogen and oxygen atoms in total. The maximum Gasteiger partial charge on any atom is 0.250 e. The van der Waals surface area contributed by atoms with E-state index < -0.39 is 6.04 Å². The van der Waals surface area contributed by atoms with Gasteiger partial charge in [-0.2, -0.15) is 0 Å². The Morgan fingerprint density at radius 2 is 2.00 bits per heavy atom. The molecule has 5 heteroatoms. The molecule has 1 fully saturated rings. The van der Waals surface area contributed by atoms with Gasteiger partial charge in [-0.05, 0) is 23.6 Å². The topological polar surface area (TPSA) is 49.4 Å². The predicted molar refractivity (Wildman–Crippen MR) is 79.8 cm³/mol. The van der Waals surface area contributed by atoms with Crippen LogP contribution in [0.1, 0.15) is 27.2 Å². The molecule has 0 spiro atoms. The van der Waals surface area contributed by atoms with Crippen LogP contribution in [0.3, 0.4) is 0 Å². The molecule has 1 aromatic rings. The number of anilines is 1. The third-order valence-electron chi connectivity index (χ3n) is 3.37. The van der Waals surface area contributed by atoms with Gasteiger partial charge < -0.3 is 10.2 Å². The molecule has 0 aliphatic carbocycles. The Kier molecular flexibility index (Phi) is 4.04. The minimum absolute atomic E-state index is 0.0920. The van der Waals surface area contributed by atoms with E-state index in [0.717, 1.165) is 5.69 Å². The van der Waals surface area contributed by atoms with Crippen LogP contribution in [-0.2, 0) is 9.59 Å². The van der Waals surface area contributed by atoms with Gasteiger partial charge in [0.2, 0.25) is 11.8 Å². The normalized spacial score (nSPS) is 20.6. The highest BCUT2D eigenvalue weighted by Gasteiger charge is 2.38.